The molecule has 0 aliphatic carbocycles. The van der Waals surface area contributed by atoms with Gasteiger partial charge in [-0.15, -0.1) is 0 Å². The second-order valence-corrected chi connectivity index (χ2v) is 4.87. The van der Waals surface area contributed by atoms with Crippen LogP contribution < -0.4 is 0 Å². The summed E-state index contributed by atoms with van der Waals surface area (Å²) in [6, 6.07) is 0. The molecule has 0 saturated heterocycles. The number of hydrogen-bond acceptors (Lipinski definition) is 2. The van der Waals surface area contributed by atoms with Crippen molar-refractivity contribution in [3.05, 3.63) is 12.4 Å². The van der Waals surface area contributed by atoms with Crippen LogP contribution in [0.5, 0.6) is 0 Å². The minimum atomic E-state index is -6.32. The highest BCUT2D eigenvalue weighted by molar-refractivity contribution is 4.99. The highest BCUT2D eigenvalue weighted by Crippen LogP contribution is 2.49. The van der Waals surface area contributed by atoms with E-state index in [-0.39, 0.29) is 0 Å². The topological polar surface area (TPSA) is 18.5 Å². The lowest BCUT2D eigenvalue weighted by molar-refractivity contribution is -0.442. The number of ether oxygens (including phenoxy) is 2. The summed E-state index contributed by atoms with van der Waals surface area (Å²) in [5.74, 6) is -3.20. The molecule has 138 valence electrons. The molecule has 0 saturated carbocycles. The number of rotatable bonds is 9. The van der Waals surface area contributed by atoms with Gasteiger partial charge in [0, 0.05) is 6.61 Å². The smallest absolute Gasteiger partial charge is 0.377 e. The van der Waals surface area contributed by atoms with Crippen LogP contribution in [0.2, 0.25) is 0 Å². The lowest BCUT2D eigenvalue weighted by atomic mass is 10.1. The normalized spacial score (nSPS) is 17.7. The van der Waals surface area contributed by atoms with Crippen molar-refractivity contribution in [2.24, 2.45) is 5.92 Å². The van der Waals surface area contributed by atoms with Crippen LogP contribution in [0.1, 0.15) is 20.3 Å². The van der Waals surface area contributed by atoms with Gasteiger partial charge < -0.3 is 4.74 Å². The summed E-state index contributed by atoms with van der Waals surface area (Å²) in [5, 5.41) is 0. The first kappa shape index (κ1) is 22.0. The van der Waals surface area contributed by atoms with Gasteiger partial charge in [0.1, 0.15) is 0 Å². The Morgan fingerprint density at radius 3 is 1.87 bits per heavy atom. The molecular weight excluding hydrogens is 347 g/mol. The predicted octanol–water partition coefficient (Wildman–Crippen LogP) is 5.01. The molecule has 0 aliphatic rings. The predicted molar refractivity (Wildman–Crippen MR) is 61.4 cm³/mol. The van der Waals surface area contributed by atoms with Crippen molar-refractivity contribution in [2.45, 2.75) is 44.3 Å². The van der Waals surface area contributed by atoms with E-state index < -0.39 is 49.0 Å². The second-order valence-electron chi connectivity index (χ2n) is 4.87. The maximum atomic E-state index is 13.8. The maximum Gasteiger partial charge on any atom is 0.433 e. The highest BCUT2D eigenvalue weighted by Gasteiger charge is 2.75. The fourth-order valence-corrected chi connectivity index (χ4v) is 1.15. The Labute approximate surface area is 126 Å². The lowest BCUT2D eigenvalue weighted by Gasteiger charge is -2.35. The summed E-state index contributed by atoms with van der Waals surface area (Å²) in [6.07, 6.45) is -17.6. The van der Waals surface area contributed by atoms with Gasteiger partial charge in [-0.1, -0.05) is 26.8 Å². The van der Waals surface area contributed by atoms with Crippen molar-refractivity contribution in [2.75, 3.05) is 13.2 Å². The standard InChI is InChI=1S/C12H15F9O2/c1-4-7(2)5-22-6-9(14,11(17,18)19)12(20,21)23-10(15,16)8(3)13/h7H,3-6H2,1-2H3. The van der Waals surface area contributed by atoms with Gasteiger partial charge in [-0.2, -0.15) is 30.7 Å². The van der Waals surface area contributed by atoms with Crippen LogP contribution in [0.15, 0.2) is 12.4 Å². The molecule has 0 heterocycles. The fourth-order valence-electron chi connectivity index (χ4n) is 1.15. The van der Waals surface area contributed by atoms with E-state index in [1.165, 1.54) is 6.92 Å². The van der Waals surface area contributed by atoms with Gasteiger partial charge >= 0.3 is 24.1 Å². The van der Waals surface area contributed by atoms with Crippen LogP contribution in [-0.4, -0.2) is 37.3 Å². The maximum absolute atomic E-state index is 13.8. The molecule has 0 aromatic carbocycles. The minimum Gasteiger partial charge on any atom is -0.377 e. The van der Waals surface area contributed by atoms with E-state index in [4.69, 9.17) is 0 Å². The summed E-state index contributed by atoms with van der Waals surface area (Å²) < 4.78 is 123. The van der Waals surface area contributed by atoms with Crippen molar-refractivity contribution in [3.63, 3.8) is 0 Å². The Morgan fingerprint density at radius 1 is 1.04 bits per heavy atom. The molecule has 0 rings (SSSR count). The molecular formula is C12H15F9O2. The first-order chi connectivity index (χ1) is 10.1. The summed E-state index contributed by atoms with van der Waals surface area (Å²) in [5.41, 5.74) is -5.60. The van der Waals surface area contributed by atoms with Gasteiger partial charge in [-0.25, -0.2) is 13.5 Å². The molecule has 0 N–H and O–H groups in total. The van der Waals surface area contributed by atoms with Crippen LogP contribution in [0.4, 0.5) is 39.5 Å². The van der Waals surface area contributed by atoms with Crippen LogP contribution in [-0.2, 0) is 9.47 Å². The van der Waals surface area contributed by atoms with Gasteiger partial charge in [0.15, 0.2) is 5.83 Å². The summed E-state index contributed by atoms with van der Waals surface area (Å²) >= 11 is 0. The summed E-state index contributed by atoms with van der Waals surface area (Å²) in [7, 11) is 0. The molecule has 2 unspecified atom stereocenters. The van der Waals surface area contributed by atoms with E-state index in [0.29, 0.717) is 6.42 Å². The Hall–Kier alpha value is -0.970. The Balaban J connectivity index is 5.40. The zero-order valence-corrected chi connectivity index (χ0v) is 12.1. The highest BCUT2D eigenvalue weighted by atomic mass is 19.4. The third-order valence-electron chi connectivity index (χ3n) is 2.88. The first-order valence-corrected chi connectivity index (χ1v) is 6.24. The van der Waals surface area contributed by atoms with Crippen LogP contribution in [0.3, 0.4) is 0 Å². The van der Waals surface area contributed by atoms with Crippen LogP contribution >= 0.6 is 0 Å². The number of alkyl halides is 8. The van der Waals surface area contributed by atoms with Crippen molar-refractivity contribution >= 4 is 0 Å². The number of hydrogen-bond donors (Lipinski definition) is 0. The molecule has 0 bridgehead atoms. The third-order valence-corrected chi connectivity index (χ3v) is 2.88. The average molecular weight is 362 g/mol. The average Bonchev–Trinajstić information content (AvgIpc) is 2.35. The lowest BCUT2D eigenvalue weighted by Crippen LogP contribution is -2.61. The van der Waals surface area contributed by atoms with E-state index in [1.807, 2.05) is 6.58 Å². The third kappa shape index (κ3) is 5.27. The molecule has 23 heavy (non-hydrogen) atoms. The Kier molecular flexibility index (Phi) is 6.98. The summed E-state index contributed by atoms with van der Waals surface area (Å²) in [6.45, 7) is 2.19. The molecule has 2 nitrogen and oxygen atoms in total. The van der Waals surface area contributed by atoms with Crippen molar-refractivity contribution in [1.29, 1.82) is 0 Å². The molecule has 2 atom stereocenters. The molecule has 0 aromatic rings. The van der Waals surface area contributed by atoms with E-state index in [1.54, 1.807) is 6.92 Å². The zero-order valence-electron chi connectivity index (χ0n) is 12.1. The molecule has 11 heteroatoms. The second kappa shape index (κ2) is 7.29. The van der Waals surface area contributed by atoms with Crippen LogP contribution in [0, 0.1) is 5.92 Å². The largest absolute Gasteiger partial charge is 0.433 e. The minimum absolute atomic E-state index is 0.387. The van der Waals surface area contributed by atoms with Gasteiger partial charge in [-0.3, -0.25) is 0 Å². The van der Waals surface area contributed by atoms with E-state index in [0.717, 1.165) is 0 Å². The number of halogens is 9. The molecule has 0 spiro atoms. The molecule has 0 aromatic heterocycles. The first-order valence-electron chi connectivity index (χ1n) is 6.24. The Morgan fingerprint density at radius 2 is 1.52 bits per heavy atom. The van der Waals surface area contributed by atoms with Gasteiger partial charge in [0.25, 0.3) is 0 Å². The van der Waals surface area contributed by atoms with E-state index in [2.05, 4.69) is 9.47 Å². The monoisotopic (exact) mass is 362 g/mol. The van der Waals surface area contributed by atoms with E-state index in [9.17, 15) is 39.5 Å². The van der Waals surface area contributed by atoms with Crippen molar-refractivity contribution in [3.8, 4) is 0 Å². The molecule has 0 amide bonds. The van der Waals surface area contributed by atoms with Gasteiger partial charge in [0.05, 0.1) is 6.61 Å². The van der Waals surface area contributed by atoms with E-state index >= 15 is 0 Å². The summed E-state index contributed by atoms with van der Waals surface area (Å²) in [4.78, 5) is 0. The molecule has 0 radical (unpaired) electrons. The van der Waals surface area contributed by atoms with Crippen molar-refractivity contribution < 1.29 is 49.0 Å². The quantitative estimate of drug-likeness (QED) is 0.537. The van der Waals surface area contributed by atoms with Crippen LogP contribution in [0.25, 0.3) is 0 Å². The molecule has 0 aliphatic heterocycles. The van der Waals surface area contributed by atoms with Gasteiger partial charge in [0.2, 0.25) is 0 Å². The zero-order chi connectivity index (χ0) is 18.7. The molecule has 0 fully saturated rings. The SMILES string of the molecule is C=C(F)C(F)(F)OC(F)(F)C(F)(COCC(C)CC)C(F)(F)F. The fraction of sp³-hybridized carbons (Fsp3) is 0.833. The van der Waals surface area contributed by atoms with Crippen molar-refractivity contribution in [1.82, 2.24) is 0 Å². The Bertz CT molecular complexity index is 408. The van der Waals surface area contributed by atoms with Gasteiger partial charge in [-0.05, 0) is 5.92 Å².